The second-order valence-electron chi connectivity index (χ2n) is 3.80. The molecule has 100 valence electrons. The Hall–Kier alpha value is -1.99. The zero-order chi connectivity index (χ0) is 13.9. The van der Waals surface area contributed by atoms with Crippen LogP contribution in [0.25, 0.3) is 0 Å². The van der Waals surface area contributed by atoms with Gasteiger partial charge in [0.05, 0.1) is 16.8 Å². The van der Waals surface area contributed by atoms with Crippen LogP contribution in [0.2, 0.25) is 0 Å². The van der Waals surface area contributed by atoms with Crippen molar-refractivity contribution < 1.29 is 12.8 Å². The summed E-state index contributed by atoms with van der Waals surface area (Å²) in [5, 5.41) is 0. The molecule has 0 radical (unpaired) electrons. The van der Waals surface area contributed by atoms with Gasteiger partial charge in [0, 0.05) is 12.7 Å². The summed E-state index contributed by atoms with van der Waals surface area (Å²) < 4.78 is 39.9. The fourth-order valence-electron chi connectivity index (χ4n) is 1.58. The van der Waals surface area contributed by atoms with Crippen LogP contribution in [0.1, 0.15) is 5.56 Å². The molecule has 0 spiro atoms. The maximum atomic E-state index is 13.2. The zero-order valence-electron chi connectivity index (χ0n) is 9.88. The lowest BCUT2D eigenvalue weighted by Gasteiger charge is -2.11. The molecular weight excluding hydrogens is 269 g/mol. The summed E-state index contributed by atoms with van der Waals surface area (Å²) in [7, 11) is -3.89. The molecule has 0 fully saturated rings. The normalized spacial score (nSPS) is 11.3. The Morgan fingerprint density at radius 3 is 2.74 bits per heavy atom. The number of hydrogen-bond donors (Lipinski definition) is 2. The van der Waals surface area contributed by atoms with Crippen LogP contribution >= 0.6 is 0 Å². The summed E-state index contributed by atoms with van der Waals surface area (Å²) in [6.07, 6.45) is 2.88. The van der Waals surface area contributed by atoms with Crippen molar-refractivity contribution in [2.75, 3.05) is 4.72 Å². The lowest BCUT2D eigenvalue weighted by molar-refractivity contribution is 0.593. The molecule has 0 amide bonds. The summed E-state index contributed by atoms with van der Waals surface area (Å²) in [5.74, 6) is -0.635. The molecule has 0 saturated carbocycles. The third-order valence-electron chi connectivity index (χ3n) is 2.45. The molecule has 1 heterocycles. The van der Waals surface area contributed by atoms with Gasteiger partial charge in [-0.2, -0.15) is 0 Å². The summed E-state index contributed by atoms with van der Waals surface area (Å²) in [6, 6.07) is 6.61. The molecule has 0 saturated heterocycles. The quantitative estimate of drug-likeness (QED) is 0.889. The van der Waals surface area contributed by atoms with Gasteiger partial charge < -0.3 is 5.73 Å². The first kappa shape index (κ1) is 13.4. The van der Waals surface area contributed by atoms with Crippen molar-refractivity contribution in [2.24, 2.45) is 5.73 Å². The summed E-state index contributed by atoms with van der Waals surface area (Å²) in [4.78, 5) is 3.63. The van der Waals surface area contributed by atoms with Crippen LogP contribution in [-0.4, -0.2) is 13.4 Å². The first-order chi connectivity index (χ1) is 9.03. The lowest BCUT2D eigenvalue weighted by Crippen LogP contribution is -2.16. The minimum atomic E-state index is -3.89. The highest BCUT2D eigenvalue weighted by Gasteiger charge is 2.19. The van der Waals surface area contributed by atoms with Crippen molar-refractivity contribution in [3.05, 3.63) is 54.1 Å². The van der Waals surface area contributed by atoms with Gasteiger partial charge in [-0.25, -0.2) is 12.8 Å². The van der Waals surface area contributed by atoms with Crippen molar-refractivity contribution in [1.29, 1.82) is 0 Å². The minimum Gasteiger partial charge on any atom is -0.326 e. The van der Waals surface area contributed by atoms with Gasteiger partial charge in [-0.1, -0.05) is 6.07 Å². The second kappa shape index (κ2) is 5.33. The van der Waals surface area contributed by atoms with Gasteiger partial charge in [-0.05, 0) is 29.8 Å². The SMILES string of the molecule is NCc1ccc(F)cc1S(=O)(=O)Nc1cccnc1. The highest BCUT2D eigenvalue weighted by atomic mass is 32.2. The second-order valence-corrected chi connectivity index (χ2v) is 5.45. The van der Waals surface area contributed by atoms with Gasteiger partial charge in [0.1, 0.15) is 5.82 Å². The molecule has 0 atom stereocenters. The van der Waals surface area contributed by atoms with E-state index in [0.717, 1.165) is 6.07 Å². The topological polar surface area (TPSA) is 85.1 Å². The molecule has 0 unspecified atom stereocenters. The fraction of sp³-hybridized carbons (Fsp3) is 0.0833. The van der Waals surface area contributed by atoms with Crippen LogP contribution in [-0.2, 0) is 16.6 Å². The van der Waals surface area contributed by atoms with Crippen LogP contribution in [0.4, 0.5) is 10.1 Å². The molecule has 1 aromatic carbocycles. The Balaban J connectivity index is 2.42. The molecule has 1 aromatic heterocycles. The van der Waals surface area contributed by atoms with Gasteiger partial charge in [0.15, 0.2) is 0 Å². The molecule has 0 aliphatic heterocycles. The Labute approximate surface area is 110 Å². The number of nitrogens with one attached hydrogen (secondary N) is 1. The van der Waals surface area contributed by atoms with Crippen molar-refractivity contribution >= 4 is 15.7 Å². The maximum absolute atomic E-state index is 13.2. The number of rotatable bonds is 4. The van der Waals surface area contributed by atoms with E-state index in [4.69, 9.17) is 5.73 Å². The summed E-state index contributed by atoms with van der Waals surface area (Å²) in [5.41, 5.74) is 6.11. The average Bonchev–Trinajstić information content (AvgIpc) is 2.39. The molecule has 0 bridgehead atoms. The molecule has 0 aliphatic carbocycles. The molecule has 7 heteroatoms. The maximum Gasteiger partial charge on any atom is 0.262 e. The highest BCUT2D eigenvalue weighted by molar-refractivity contribution is 7.92. The van der Waals surface area contributed by atoms with E-state index in [2.05, 4.69) is 9.71 Å². The van der Waals surface area contributed by atoms with Crippen molar-refractivity contribution in [3.8, 4) is 0 Å². The van der Waals surface area contributed by atoms with E-state index in [1.807, 2.05) is 0 Å². The van der Waals surface area contributed by atoms with Crippen LogP contribution in [0.5, 0.6) is 0 Å². The smallest absolute Gasteiger partial charge is 0.262 e. The Morgan fingerprint density at radius 1 is 1.32 bits per heavy atom. The standard InChI is InChI=1S/C12H12FN3O2S/c13-10-4-3-9(7-14)12(6-10)19(17,18)16-11-2-1-5-15-8-11/h1-6,8,16H,7,14H2. The number of nitrogens with two attached hydrogens (primary N) is 1. The number of anilines is 1. The first-order valence-corrected chi connectivity index (χ1v) is 6.92. The van der Waals surface area contributed by atoms with Crippen LogP contribution < -0.4 is 10.5 Å². The van der Waals surface area contributed by atoms with E-state index in [1.54, 1.807) is 12.1 Å². The molecule has 5 nitrogen and oxygen atoms in total. The van der Waals surface area contributed by atoms with Crippen molar-refractivity contribution in [1.82, 2.24) is 4.98 Å². The van der Waals surface area contributed by atoms with Gasteiger partial charge in [0.25, 0.3) is 10.0 Å². The van der Waals surface area contributed by atoms with E-state index in [9.17, 15) is 12.8 Å². The van der Waals surface area contributed by atoms with E-state index in [1.165, 1.54) is 24.5 Å². The number of halogens is 1. The number of benzene rings is 1. The number of sulfonamides is 1. The van der Waals surface area contributed by atoms with E-state index < -0.39 is 15.8 Å². The van der Waals surface area contributed by atoms with E-state index in [-0.39, 0.29) is 11.4 Å². The van der Waals surface area contributed by atoms with Crippen LogP contribution in [0.3, 0.4) is 0 Å². The number of nitrogens with zero attached hydrogens (tertiary/aromatic N) is 1. The van der Waals surface area contributed by atoms with E-state index in [0.29, 0.717) is 11.3 Å². The third-order valence-corrected chi connectivity index (χ3v) is 3.92. The predicted octanol–water partition coefficient (Wildman–Crippen LogP) is 1.48. The molecular formula is C12H12FN3O2S. The van der Waals surface area contributed by atoms with Gasteiger partial charge in [-0.15, -0.1) is 0 Å². The van der Waals surface area contributed by atoms with Gasteiger partial charge in [0.2, 0.25) is 0 Å². The molecule has 2 rings (SSSR count). The molecule has 3 N–H and O–H groups in total. The first-order valence-electron chi connectivity index (χ1n) is 5.44. The zero-order valence-corrected chi connectivity index (χ0v) is 10.7. The highest BCUT2D eigenvalue weighted by Crippen LogP contribution is 2.20. The van der Waals surface area contributed by atoms with Gasteiger partial charge in [-0.3, -0.25) is 9.71 Å². The minimum absolute atomic E-state index is 0.00353. The fourth-order valence-corrected chi connectivity index (χ4v) is 2.89. The molecule has 19 heavy (non-hydrogen) atoms. The number of pyridine rings is 1. The monoisotopic (exact) mass is 281 g/mol. The van der Waals surface area contributed by atoms with Crippen molar-refractivity contribution in [2.45, 2.75) is 11.4 Å². The van der Waals surface area contributed by atoms with Gasteiger partial charge >= 0.3 is 0 Å². The van der Waals surface area contributed by atoms with Crippen LogP contribution in [0, 0.1) is 5.82 Å². The Bertz CT molecular complexity index is 675. The lowest BCUT2D eigenvalue weighted by atomic mass is 10.2. The Morgan fingerprint density at radius 2 is 2.11 bits per heavy atom. The molecule has 0 aliphatic rings. The average molecular weight is 281 g/mol. The number of aromatic nitrogens is 1. The van der Waals surface area contributed by atoms with Crippen molar-refractivity contribution in [3.63, 3.8) is 0 Å². The van der Waals surface area contributed by atoms with Crippen LogP contribution in [0.15, 0.2) is 47.6 Å². The number of hydrogen-bond acceptors (Lipinski definition) is 4. The molecule has 2 aromatic rings. The Kier molecular flexibility index (Phi) is 3.77. The summed E-state index contributed by atoms with van der Waals surface area (Å²) in [6.45, 7) is 0.00353. The van der Waals surface area contributed by atoms with E-state index >= 15 is 0 Å². The predicted molar refractivity (Wildman–Crippen MR) is 69.3 cm³/mol. The summed E-state index contributed by atoms with van der Waals surface area (Å²) >= 11 is 0. The largest absolute Gasteiger partial charge is 0.326 e. The third kappa shape index (κ3) is 3.07.